The van der Waals surface area contributed by atoms with Gasteiger partial charge < -0.3 is 14.7 Å². The predicted molar refractivity (Wildman–Crippen MR) is 95.8 cm³/mol. The Labute approximate surface area is 147 Å². The Bertz CT molecular complexity index is 781. The molecule has 0 aromatic heterocycles. The SMILES string of the molecule is CN1CCC[C@H]1Cc1cccc2cccc(OC(=O)CCC(=O)O)c12. The third-order valence-electron chi connectivity index (χ3n) is 4.85. The summed E-state index contributed by atoms with van der Waals surface area (Å²) in [6.07, 6.45) is 2.95. The number of rotatable bonds is 6. The number of nitrogens with zero attached hydrogens (tertiary/aromatic N) is 1. The maximum absolute atomic E-state index is 12.0. The lowest BCUT2D eigenvalue weighted by atomic mass is 9.97. The molecule has 0 saturated carbocycles. The van der Waals surface area contributed by atoms with Crippen LogP contribution in [0.4, 0.5) is 0 Å². The van der Waals surface area contributed by atoms with E-state index < -0.39 is 11.9 Å². The summed E-state index contributed by atoms with van der Waals surface area (Å²) in [6.45, 7) is 1.12. The van der Waals surface area contributed by atoms with Crippen molar-refractivity contribution in [1.82, 2.24) is 4.90 Å². The van der Waals surface area contributed by atoms with Crippen molar-refractivity contribution in [3.63, 3.8) is 0 Å². The van der Waals surface area contributed by atoms with Crippen LogP contribution in [0.25, 0.3) is 10.8 Å². The largest absolute Gasteiger partial charge is 0.481 e. The molecule has 1 atom stereocenters. The number of ether oxygens (including phenoxy) is 1. The van der Waals surface area contributed by atoms with Gasteiger partial charge in [0.1, 0.15) is 5.75 Å². The maximum Gasteiger partial charge on any atom is 0.311 e. The summed E-state index contributed by atoms with van der Waals surface area (Å²) in [6, 6.07) is 12.3. The number of aliphatic carboxylic acids is 1. The van der Waals surface area contributed by atoms with E-state index >= 15 is 0 Å². The minimum absolute atomic E-state index is 0.126. The molecule has 0 spiro atoms. The second kappa shape index (κ2) is 7.66. The molecule has 1 saturated heterocycles. The second-order valence-electron chi connectivity index (χ2n) is 6.62. The fourth-order valence-electron chi connectivity index (χ4n) is 3.51. The lowest BCUT2D eigenvalue weighted by Gasteiger charge is -2.21. The topological polar surface area (TPSA) is 66.8 Å². The van der Waals surface area contributed by atoms with Crippen LogP contribution in [0.15, 0.2) is 36.4 Å². The van der Waals surface area contributed by atoms with Crippen LogP contribution >= 0.6 is 0 Å². The molecule has 132 valence electrons. The molecule has 1 fully saturated rings. The summed E-state index contributed by atoms with van der Waals surface area (Å²) in [5.41, 5.74) is 1.16. The zero-order valence-electron chi connectivity index (χ0n) is 14.4. The monoisotopic (exact) mass is 341 g/mol. The van der Waals surface area contributed by atoms with Gasteiger partial charge in [-0.05, 0) is 49.9 Å². The van der Waals surface area contributed by atoms with E-state index in [1.165, 1.54) is 12.8 Å². The number of fused-ring (bicyclic) bond motifs is 1. The molecule has 1 aliphatic rings. The van der Waals surface area contributed by atoms with Crippen molar-refractivity contribution in [2.24, 2.45) is 0 Å². The van der Waals surface area contributed by atoms with Gasteiger partial charge in [-0.2, -0.15) is 0 Å². The van der Waals surface area contributed by atoms with E-state index in [1.807, 2.05) is 24.3 Å². The number of hydrogen-bond acceptors (Lipinski definition) is 4. The number of carbonyl (C=O) groups is 2. The van der Waals surface area contributed by atoms with Crippen LogP contribution in [0, 0.1) is 0 Å². The van der Waals surface area contributed by atoms with E-state index in [0.717, 1.165) is 29.3 Å². The molecule has 0 aliphatic carbocycles. The molecule has 0 radical (unpaired) electrons. The van der Waals surface area contributed by atoms with Crippen LogP contribution in [0.2, 0.25) is 0 Å². The Balaban J connectivity index is 1.87. The highest BCUT2D eigenvalue weighted by Gasteiger charge is 2.22. The van der Waals surface area contributed by atoms with E-state index in [9.17, 15) is 9.59 Å². The van der Waals surface area contributed by atoms with Crippen LogP contribution in [0.3, 0.4) is 0 Å². The van der Waals surface area contributed by atoms with E-state index in [1.54, 1.807) is 6.07 Å². The Hall–Kier alpha value is -2.40. The summed E-state index contributed by atoms with van der Waals surface area (Å²) in [4.78, 5) is 25.0. The first kappa shape index (κ1) is 17.4. The predicted octanol–water partition coefficient (Wildman–Crippen LogP) is 3.25. The highest BCUT2D eigenvalue weighted by Crippen LogP contribution is 2.32. The molecular weight excluding hydrogens is 318 g/mol. The van der Waals surface area contributed by atoms with Crippen molar-refractivity contribution in [1.29, 1.82) is 0 Å². The number of likely N-dealkylation sites (N-methyl/N-ethyl adjacent to an activating group) is 1. The number of carbonyl (C=O) groups excluding carboxylic acids is 1. The van der Waals surface area contributed by atoms with Crippen molar-refractivity contribution in [2.45, 2.75) is 38.1 Å². The quantitative estimate of drug-likeness (QED) is 0.645. The summed E-state index contributed by atoms with van der Waals surface area (Å²) >= 11 is 0. The van der Waals surface area contributed by atoms with Gasteiger partial charge in [0.05, 0.1) is 12.8 Å². The van der Waals surface area contributed by atoms with Gasteiger partial charge in [-0.25, -0.2) is 0 Å². The van der Waals surface area contributed by atoms with Crippen LogP contribution in [-0.2, 0) is 16.0 Å². The Morgan fingerprint density at radius 3 is 2.64 bits per heavy atom. The summed E-state index contributed by atoms with van der Waals surface area (Å²) in [7, 11) is 2.15. The molecule has 1 aliphatic heterocycles. The van der Waals surface area contributed by atoms with E-state index in [2.05, 4.69) is 18.0 Å². The molecular formula is C20H23NO4. The third-order valence-corrected chi connectivity index (χ3v) is 4.85. The first-order valence-electron chi connectivity index (χ1n) is 8.68. The summed E-state index contributed by atoms with van der Waals surface area (Å²) in [5.74, 6) is -0.994. The second-order valence-corrected chi connectivity index (χ2v) is 6.62. The highest BCUT2D eigenvalue weighted by molar-refractivity contribution is 5.93. The normalized spacial score (nSPS) is 17.7. The minimum Gasteiger partial charge on any atom is -0.481 e. The fraction of sp³-hybridized carbons (Fsp3) is 0.400. The number of benzene rings is 2. The average Bonchev–Trinajstić information content (AvgIpc) is 2.98. The maximum atomic E-state index is 12.0. The number of likely N-dealkylation sites (tertiary alicyclic amines) is 1. The van der Waals surface area contributed by atoms with Crippen molar-refractivity contribution >= 4 is 22.7 Å². The zero-order valence-corrected chi connectivity index (χ0v) is 14.4. The van der Waals surface area contributed by atoms with Crippen molar-refractivity contribution < 1.29 is 19.4 Å². The first-order valence-corrected chi connectivity index (χ1v) is 8.68. The van der Waals surface area contributed by atoms with Crippen LogP contribution in [0.1, 0.15) is 31.2 Å². The Kier molecular flexibility index (Phi) is 5.34. The number of hydrogen-bond donors (Lipinski definition) is 1. The molecule has 1 heterocycles. The smallest absolute Gasteiger partial charge is 0.311 e. The van der Waals surface area contributed by atoms with E-state index in [4.69, 9.17) is 9.84 Å². The molecule has 0 bridgehead atoms. The third kappa shape index (κ3) is 4.17. The van der Waals surface area contributed by atoms with Crippen LogP contribution in [0.5, 0.6) is 5.75 Å². The van der Waals surface area contributed by atoms with E-state index in [0.29, 0.717) is 11.8 Å². The lowest BCUT2D eigenvalue weighted by molar-refractivity contribution is -0.142. The van der Waals surface area contributed by atoms with Crippen LogP contribution < -0.4 is 4.74 Å². The first-order chi connectivity index (χ1) is 12.0. The Morgan fingerprint density at radius 1 is 1.20 bits per heavy atom. The molecule has 2 aromatic rings. The summed E-state index contributed by atoms with van der Waals surface area (Å²) in [5, 5.41) is 10.7. The minimum atomic E-state index is -1.00. The van der Waals surface area contributed by atoms with Gasteiger partial charge in [0.15, 0.2) is 0 Å². The average molecular weight is 341 g/mol. The van der Waals surface area contributed by atoms with E-state index in [-0.39, 0.29) is 12.8 Å². The van der Waals surface area contributed by atoms with Gasteiger partial charge in [-0.15, -0.1) is 0 Å². The molecule has 3 rings (SSSR count). The van der Waals surface area contributed by atoms with Crippen molar-refractivity contribution in [3.8, 4) is 5.75 Å². The molecule has 25 heavy (non-hydrogen) atoms. The number of carboxylic acid groups (broad SMARTS) is 1. The number of carboxylic acids is 1. The van der Waals surface area contributed by atoms with Gasteiger partial charge in [0, 0.05) is 11.4 Å². The molecule has 5 nitrogen and oxygen atoms in total. The Morgan fingerprint density at radius 2 is 1.96 bits per heavy atom. The molecule has 0 unspecified atom stereocenters. The zero-order chi connectivity index (χ0) is 17.8. The van der Waals surface area contributed by atoms with Gasteiger partial charge in [-0.3, -0.25) is 9.59 Å². The van der Waals surface area contributed by atoms with Gasteiger partial charge >= 0.3 is 11.9 Å². The lowest BCUT2D eigenvalue weighted by Crippen LogP contribution is -2.26. The molecule has 1 N–H and O–H groups in total. The van der Waals surface area contributed by atoms with Crippen molar-refractivity contribution in [2.75, 3.05) is 13.6 Å². The molecule has 0 amide bonds. The summed E-state index contributed by atoms with van der Waals surface area (Å²) < 4.78 is 5.49. The standard InChI is InChI=1S/C20H23NO4/c1-21-12-4-8-16(21)13-15-7-2-5-14-6-3-9-17(20(14)15)25-19(24)11-10-18(22)23/h2-3,5-7,9,16H,4,8,10-13H2,1H3,(H,22,23)/t16-/m0/s1. The van der Waals surface area contributed by atoms with Crippen LogP contribution in [-0.4, -0.2) is 41.6 Å². The highest BCUT2D eigenvalue weighted by atomic mass is 16.5. The molecule has 2 aromatic carbocycles. The van der Waals surface area contributed by atoms with Crippen molar-refractivity contribution in [3.05, 3.63) is 42.0 Å². The van der Waals surface area contributed by atoms with Gasteiger partial charge in [-0.1, -0.05) is 30.3 Å². The molecule has 5 heteroatoms. The number of esters is 1. The van der Waals surface area contributed by atoms with Gasteiger partial charge in [0.25, 0.3) is 0 Å². The van der Waals surface area contributed by atoms with Gasteiger partial charge in [0.2, 0.25) is 0 Å². The fourth-order valence-corrected chi connectivity index (χ4v) is 3.51.